The summed E-state index contributed by atoms with van der Waals surface area (Å²) in [5.41, 5.74) is -1.25. The van der Waals surface area contributed by atoms with Gasteiger partial charge in [0.25, 0.3) is 0 Å². The molecule has 2 aromatic rings. The standard InChI is InChI=1S/C18H18F2N4O4.ClH/c19-10-4-13(10)24-5-9(18(26)27)15(25)8-3-11(20)17(22-16(8)24)23-6-12-14(7-23)28-2-1-21-12;/h3,5,10,12-14,21H,1-2,4,6-7H2,(H,26,27);1H/t10?,12-,13?,14+;/m0./s1. The van der Waals surface area contributed by atoms with Gasteiger partial charge in [0.15, 0.2) is 11.6 Å². The number of nitrogens with one attached hydrogen (secondary N) is 1. The number of rotatable bonds is 3. The van der Waals surface area contributed by atoms with Crippen LogP contribution in [-0.2, 0) is 4.74 Å². The van der Waals surface area contributed by atoms with Gasteiger partial charge in [-0.3, -0.25) is 4.79 Å². The molecule has 3 aliphatic rings. The average molecular weight is 429 g/mol. The van der Waals surface area contributed by atoms with Crippen molar-refractivity contribution in [3.63, 3.8) is 0 Å². The Balaban J connectivity index is 0.00000205. The molecule has 156 valence electrons. The highest BCUT2D eigenvalue weighted by Crippen LogP contribution is 2.40. The molecule has 1 aliphatic carbocycles. The third-order valence-corrected chi connectivity index (χ3v) is 5.61. The maximum absolute atomic E-state index is 14.9. The summed E-state index contributed by atoms with van der Waals surface area (Å²) in [6.07, 6.45) is 0.0907. The Morgan fingerprint density at radius 1 is 1.38 bits per heavy atom. The number of ether oxygens (including phenoxy) is 1. The molecule has 2 aromatic heterocycles. The lowest BCUT2D eigenvalue weighted by molar-refractivity contribution is 0.0212. The van der Waals surface area contributed by atoms with Crippen molar-refractivity contribution < 1.29 is 23.4 Å². The molecule has 0 spiro atoms. The lowest BCUT2D eigenvalue weighted by Gasteiger charge is -2.25. The maximum Gasteiger partial charge on any atom is 0.341 e. The van der Waals surface area contributed by atoms with Crippen LogP contribution in [0, 0.1) is 5.82 Å². The summed E-state index contributed by atoms with van der Waals surface area (Å²) in [7, 11) is 0. The zero-order valence-corrected chi connectivity index (χ0v) is 16.0. The molecule has 3 fully saturated rings. The number of carbonyl (C=O) groups is 1. The van der Waals surface area contributed by atoms with Gasteiger partial charge in [-0.1, -0.05) is 0 Å². The first-order valence-corrected chi connectivity index (χ1v) is 9.16. The molecule has 0 aromatic carbocycles. The summed E-state index contributed by atoms with van der Waals surface area (Å²) in [6.45, 7) is 2.24. The number of nitrogens with zero attached hydrogens (tertiary/aromatic N) is 3. The molecule has 2 unspecified atom stereocenters. The van der Waals surface area contributed by atoms with Crippen LogP contribution in [0.15, 0.2) is 17.1 Å². The van der Waals surface area contributed by atoms with Crippen molar-refractivity contribution in [3.05, 3.63) is 33.9 Å². The predicted octanol–water partition coefficient (Wildman–Crippen LogP) is 1.12. The molecular formula is C18H19ClF2N4O4. The monoisotopic (exact) mass is 428 g/mol. The van der Waals surface area contributed by atoms with Gasteiger partial charge in [0.2, 0.25) is 5.43 Å². The van der Waals surface area contributed by atoms with E-state index in [0.29, 0.717) is 19.7 Å². The lowest BCUT2D eigenvalue weighted by atomic mass is 10.2. The second-order valence-electron chi connectivity index (χ2n) is 7.44. The summed E-state index contributed by atoms with van der Waals surface area (Å²) in [6, 6.07) is 0.466. The Morgan fingerprint density at radius 3 is 2.79 bits per heavy atom. The highest BCUT2D eigenvalue weighted by molar-refractivity contribution is 5.92. The van der Waals surface area contributed by atoms with Crippen LogP contribution in [-0.4, -0.2) is 65.2 Å². The van der Waals surface area contributed by atoms with Crippen LogP contribution in [0.1, 0.15) is 22.8 Å². The second-order valence-corrected chi connectivity index (χ2v) is 7.44. The van der Waals surface area contributed by atoms with E-state index in [1.165, 1.54) is 4.57 Å². The quantitative estimate of drug-likeness (QED) is 0.756. The normalized spacial score (nSPS) is 28.1. The molecule has 0 bridgehead atoms. The summed E-state index contributed by atoms with van der Waals surface area (Å²) in [5, 5.41) is 12.4. The number of hydrogen-bond acceptors (Lipinski definition) is 6. The fourth-order valence-corrected chi connectivity index (χ4v) is 4.07. The van der Waals surface area contributed by atoms with Crippen molar-refractivity contribution in [1.29, 1.82) is 0 Å². The molecule has 0 amide bonds. The van der Waals surface area contributed by atoms with Gasteiger partial charge in [0.1, 0.15) is 17.4 Å². The maximum atomic E-state index is 14.9. The SMILES string of the molecule is Cl.O=C(O)c1cn(C2CC2F)c2nc(N3C[C@@H]4NCCO[C@@H]4C3)c(F)cc2c1=O. The first-order valence-electron chi connectivity index (χ1n) is 9.16. The topological polar surface area (TPSA) is 96.7 Å². The lowest BCUT2D eigenvalue weighted by Crippen LogP contribution is -2.47. The molecule has 1 saturated carbocycles. The number of morpholine rings is 1. The number of aromatic nitrogens is 2. The first-order chi connectivity index (χ1) is 13.4. The number of aromatic carboxylic acids is 1. The van der Waals surface area contributed by atoms with E-state index < -0.39 is 35.0 Å². The molecule has 2 aliphatic heterocycles. The highest BCUT2D eigenvalue weighted by atomic mass is 35.5. The van der Waals surface area contributed by atoms with Gasteiger partial charge in [-0.2, -0.15) is 0 Å². The first kappa shape index (κ1) is 20.0. The largest absolute Gasteiger partial charge is 0.477 e. The van der Waals surface area contributed by atoms with E-state index >= 15 is 0 Å². The molecule has 8 nitrogen and oxygen atoms in total. The summed E-state index contributed by atoms with van der Waals surface area (Å²) in [5.74, 6) is -2.10. The molecule has 2 N–H and O–H groups in total. The van der Waals surface area contributed by atoms with E-state index in [1.54, 1.807) is 4.90 Å². The minimum absolute atomic E-state index is 0. The van der Waals surface area contributed by atoms with Gasteiger partial charge in [-0.05, 0) is 6.07 Å². The molecular weight excluding hydrogens is 410 g/mol. The van der Waals surface area contributed by atoms with Crippen molar-refractivity contribution >= 4 is 35.2 Å². The predicted molar refractivity (Wildman–Crippen MR) is 102 cm³/mol. The summed E-state index contributed by atoms with van der Waals surface area (Å²) < 4.78 is 35.6. The van der Waals surface area contributed by atoms with Gasteiger partial charge in [-0.25, -0.2) is 18.6 Å². The van der Waals surface area contributed by atoms with Crippen LogP contribution in [0.5, 0.6) is 0 Å². The van der Waals surface area contributed by atoms with Crippen molar-refractivity contribution in [2.45, 2.75) is 30.8 Å². The number of halogens is 3. The average Bonchev–Trinajstić information content (AvgIpc) is 3.23. The third kappa shape index (κ3) is 3.24. The smallest absolute Gasteiger partial charge is 0.341 e. The number of anilines is 1. The Hall–Kier alpha value is -2.30. The minimum atomic E-state index is -1.44. The van der Waals surface area contributed by atoms with E-state index in [9.17, 15) is 23.5 Å². The van der Waals surface area contributed by atoms with Gasteiger partial charge >= 0.3 is 5.97 Å². The molecule has 2 saturated heterocycles. The number of carboxylic acids is 1. The van der Waals surface area contributed by atoms with Crippen LogP contribution >= 0.6 is 12.4 Å². The number of hydrogen-bond donors (Lipinski definition) is 2. The summed E-state index contributed by atoms with van der Waals surface area (Å²) in [4.78, 5) is 30.0. The Bertz CT molecular complexity index is 1030. The number of alkyl halides is 1. The molecule has 4 atom stereocenters. The third-order valence-electron chi connectivity index (χ3n) is 5.61. The fourth-order valence-electron chi connectivity index (χ4n) is 4.07. The number of carboxylic acid groups (broad SMARTS) is 1. The Kier molecular flexibility index (Phi) is 4.96. The zero-order chi connectivity index (χ0) is 19.6. The molecule has 11 heteroatoms. The van der Waals surface area contributed by atoms with E-state index in [4.69, 9.17) is 4.74 Å². The van der Waals surface area contributed by atoms with Gasteiger partial charge in [0.05, 0.1) is 30.2 Å². The number of pyridine rings is 2. The Labute approximate surface area is 169 Å². The van der Waals surface area contributed by atoms with Gasteiger partial charge < -0.3 is 24.6 Å². The van der Waals surface area contributed by atoms with Crippen molar-refractivity contribution in [2.75, 3.05) is 31.1 Å². The van der Waals surface area contributed by atoms with Crippen LogP contribution in [0.3, 0.4) is 0 Å². The number of fused-ring (bicyclic) bond motifs is 2. The van der Waals surface area contributed by atoms with E-state index in [1.807, 2.05) is 0 Å². The van der Waals surface area contributed by atoms with Crippen LogP contribution in [0.2, 0.25) is 0 Å². The van der Waals surface area contributed by atoms with E-state index in [0.717, 1.165) is 18.8 Å². The fraction of sp³-hybridized carbons (Fsp3) is 0.500. The van der Waals surface area contributed by atoms with Crippen LogP contribution in [0.25, 0.3) is 11.0 Å². The minimum Gasteiger partial charge on any atom is -0.477 e. The van der Waals surface area contributed by atoms with Gasteiger partial charge in [-0.15, -0.1) is 12.4 Å². The van der Waals surface area contributed by atoms with Crippen LogP contribution < -0.4 is 15.6 Å². The Morgan fingerprint density at radius 2 is 2.14 bits per heavy atom. The van der Waals surface area contributed by atoms with Crippen LogP contribution in [0.4, 0.5) is 14.6 Å². The van der Waals surface area contributed by atoms with E-state index in [2.05, 4.69) is 10.3 Å². The molecule has 0 radical (unpaired) electrons. The second kappa shape index (κ2) is 7.19. The highest BCUT2D eigenvalue weighted by Gasteiger charge is 2.41. The molecule has 29 heavy (non-hydrogen) atoms. The van der Waals surface area contributed by atoms with Crippen molar-refractivity contribution in [3.8, 4) is 0 Å². The zero-order valence-electron chi connectivity index (χ0n) is 15.2. The van der Waals surface area contributed by atoms with Gasteiger partial charge in [0, 0.05) is 32.3 Å². The molecule has 5 rings (SSSR count). The van der Waals surface area contributed by atoms with E-state index in [-0.39, 0.29) is 47.8 Å². The molecule has 4 heterocycles. The summed E-state index contributed by atoms with van der Waals surface area (Å²) >= 11 is 0. The van der Waals surface area contributed by atoms with Crippen molar-refractivity contribution in [1.82, 2.24) is 14.9 Å². The van der Waals surface area contributed by atoms with Crippen molar-refractivity contribution in [2.24, 2.45) is 0 Å².